The molecular weight excluding hydrogens is 236 g/mol. The number of hydrogen-bond acceptors (Lipinski definition) is 2. The zero-order chi connectivity index (χ0) is 12.4. The lowest BCUT2D eigenvalue weighted by atomic mass is 9.97. The second-order valence-corrected chi connectivity index (χ2v) is 5.17. The Balaban J connectivity index is 2.07. The van der Waals surface area contributed by atoms with Crippen LogP contribution >= 0.6 is 11.6 Å². The molecule has 2 atom stereocenters. The van der Waals surface area contributed by atoms with Gasteiger partial charge in [-0.25, -0.2) is 0 Å². The van der Waals surface area contributed by atoms with E-state index in [4.69, 9.17) is 17.3 Å². The summed E-state index contributed by atoms with van der Waals surface area (Å²) in [6, 6.07) is 5.12. The highest BCUT2D eigenvalue weighted by Gasteiger charge is 2.29. The molecule has 1 aliphatic carbocycles. The molecule has 1 aromatic rings. The van der Waals surface area contributed by atoms with Crippen molar-refractivity contribution in [2.75, 3.05) is 11.1 Å². The Hall–Kier alpha value is -1.22. The minimum absolute atomic E-state index is 0.0732. The quantitative estimate of drug-likeness (QED) is 0.794. The number of nitrogen functional groups attached to an aromatic ring is 1. The SMILES string of the molecule is CC1CCCC1C(=O)Nc1ccc(Cl)cc1N. The van der Waals surface area contributed by atoms with E-state index < -0.39 is 0 Å². The van der Waals surface area contributed by atoms with Gasteiger partial charge < -0.3 is 11.1 Å². The first-order valence-electron chi connectivity index (χ1n) is 5.94. The molecule has 0 aliphatic heterocycles. The first-order valence-corrected chi connectivity index (χ1v) is 6.31. The van der Waals surface area contributed by atoms with Gasteiger partial charge in [-0.15, -0.1) is 0 Å². The van der Waals surface area contributed by atoms with Gasteiger partial charge in [-0.2, -0.15) is 0 Å². The number of anilines is 2. The molecule has 1 fully saturated rings. The summed E-state index contributed by atoms with van der Waals surface area (Å²) in [6.07, 6.45) is 3.24. The summed E-state index contributed by atoms with van der Waals surface area (Å²) in [4.78, 5) is 12.1. The minimum Gasteiger partial charge on any atom is -0.397 e. The highest BCUT2D eigenvalue weighted by molar-refractivity contribution is 6.31. The van der Waals surface area contributed by atoms with Crippen LogP contribution in [0.2, 0.25) is 5.02 Å². The van der Waals surface area contributed by atoms with Crippen LogP contribution in [-0.2, 0) is 4.79 Å². The van der Waals surface area contributed by atoms with Crippen LogP contribution in [0.1, 0.15) is 26.2 Å². The summed E-state index contributed by atoms with van der Waals surface area (Å²) in [6.45, 7) is 2.13. The van der Waals surface area contributed by atoms with E-state index in [1.54, 1.807) is 18.2 Å². The first-order chi connectivity index (χ1) is 8.08. The lowest BCUT2D eigenvalue weighted by Gasteiger charge is -2.16. The molecule has 0 heterocycles. The van der Waals surface area contributed by atoms with Crippen LogP contribution in [-0.4, -0.2) is 5.91 Å². The van der Waals surface area contributed by atoms with Gasteiger partial charge in [0, 0.05) is 10.9 Å². The second kappa shape index (κ2) is 4.96. The summed E-state index contributed by atoms with van der Waals surface area (Å²) < 4.78 is 0. The third-order valence-corrected chi connectivity index (χ3v) is 3.70. The van der Waals surface area contributed by atoms with E-state index in [9.17, 15) is 4.79 Å². The third kappa shape index (κ3) is 2.72. The number of rotatable bonds is 2. The van der Waals surface area contributed by atoms with Gasteiger partial charge in [-0.3, -0.25) is 4.79 Å². The van der Waals surface area contributed by atoms with Gasteiger partial charge in [0.1, 0.15) is 0 Å². The molecule has 0 bridgehead atoms. The number of halogens is 1. The van der Waals surface area contributed by atoms with Crippen LogP contribution in [0.3, 0.4) is 0 Å². The van der Waals surface area contributed by atoms with Crippen LogP contribution in [0.4, 0.5) is 11.4 Å². The van der Waals surface area contributed by atoms with Crippen LogP contribution in [0.5, 0.6) is 0 Å². The monoisotopic (exact) mass is 252 g/mol. The van der Waals surface area contributed by atoms with Crippen molar-refractivity contribution in [3.05, 3.63) is 23.2 Å². The van der Waals surface area contributed by atoms with E-state index >= 15 is 0 Å². The predicted molar refractivity (Wildman–Crippen MR) is 71.0 cm³/mol. The second-order valence-electron chi connectivity index (χ2n) is 4.74. The van der Waals surface area contributed by atoms with Crippen molar-refractivity contribution in [1.82, 2.24) is 0 Å². The molecule has 1 aromatic carbocycles. The number of carbonyl (C=O) groups excluding carboxylic acids is 1. The molecule has 2 unspecified atom stereocenters. The molecule has 17 heavy (non-hydrogen) atoms. The number of carbonyl (C=O) groups is 1. The zero-order valence-electron chi connectivity index (χ0n) is 9.87. The van der Waals surface area contributed by atoms with Gasteiger partial charge in [0.05, 0.1) is 11.4 Å². The fourth-order valence-corrected chi connectivity index (χ4v) is 2.59. The van der Waals surface area contributed by atoms with Crippen LogP contribution in [0, 0.1) is 11.8 Å². The lowest BCUT2D eigenvalue weighted by molar-refractivity contribution is -0.120. The van der Waals surface area contributed by atoms with Crippen molar-refractivity contribution in [3.63, 3.8) is 0 Å². The zero-order valence-corrected chi connectivity index (χ0v) is 10.6. The Morgan fingerprint density at radius 3 is 2.82 bits per heavy atom. The summed E-state index contributed by atoms with van der Waals surface area (Å²) in [7, 11) is 0. The largest absolute Gasteiger partial charge is 0.397 e. The molecule has 2 rings (SSSR count). The topological polar surface area (TPSA) is 55.1 Å². The van der Waals surface area contributed by atoms with Gasteiger partial charge in [0.15, 0.2) is 0 Å². The Labute approximate surface area is 106 Å². The summed E-state index contributed by atoms with van der Waals surface area (Å²) >= 11 is 5.81. The molecule has 0 radical (unpaired) electrons. The standard InChI is InChI=1S/C13H17ClN2O/c1-8-3-2-4-10(8)13(17)16-12-6-5-9(14)7-11(12)15/h5-8,10H,2-4,15H2,1H3,(H,16,17). The molecule has 1 amide bonds. The number of nitrogens with two attached hydrogens (primary N) is 1. The molecule has 1 saturated carbocycles. The fraction of sp³-hybridized carbons (Fsp3) is 0.462. The minimum atomic E-state index is 0.0732. The van der Waals surface area contributed by atoms with Gasteiger partial charge in [-0.05, 0) is 37.0 Å². The molecule has 92 valence electrons. The van der Waals surface area contributed by atoms with E-state index in [1.807, 2.05) is 0 Å². The van der Waals surface area contributed by atoms with Crippen molar-refractivity contribution in [2.24, 2.45) is 11.8 Å². The number of nitrogens with one attached hydrogen (secondary N) is 1. The smallest absolute Gasteiger partial charge is 0.227 e. The molecule has 4 heteroatoms. The number of hydrogen-bond donors (Lipinski definition) is 2. The van der Waals surface area contributed by atoms with Crippen molar-refractivity contribution >= 4 is 28.9 Å². The lowest BCUT2D eigenvalue weighted by Crippen LogP contribution is -2.24. The Morgan fingerprint density at radius 1 is 1.47 bits per heavy atom. The van der Waals surface area contributed by atoms with Crippen LogP contribution in [0.25, 0.3) is 0 Å². The Morgan fingerprint density at radius 2 is 2.24 bits per heavy atom. The highest BCUT2D eigenvalue weighted by Crippen LogP contribution is 2.32. The fourth-order valence-electron chi connectivity index (χ4n) is 2.41. The van der Waals surface area contributed by atoms with Gasteiger partial charge in [0.2, 0.25) is 5.91 Å². The number of amides is 1. The summed E-state index contributed by atoms with van der Waals surface area (Å²) in [5, 5.41) is 3.47. The maximum absolute atomic E-state index is 12.1. The molecule has 3 nitrogen and oxygen atoms in total. The molecule has 0 saturated heterocycles. The first kappa shape index (κ1) is 12.2. The average molecular weight is 253 g/mol. The Bertz CT molecular complexity index is 433. The van der Waals surface area contributed by atoms with Gasteiger partial charge in [0.25, 0.3) is 0 Å². The van der Waals surface area contributed by atoms with E-state index in [1.165, 1.54) is 0 Å². The highest BCUT2D eigenvalue weighted by atomic mass is 35.5. The molecule has 0 aromatic heterocycles. The van der Waals surface area contributed by atoms with Gasteiger partial charge in [-0.1, -0.05) is 24.9 Å². The molecule has 0 spiro atoms. The van der Waals surface area contributed by atoms with Crippen molar-refractivity contribution in [2.45, 2.75) is 26.2 Å². The molecular formula is C13H17ClN2O. The van der Waals surface area contributed by atoms with E-state index in [0.717, 1.165) is 19.3 Å². The predicted octanol–water partition coefficient (Wildman–Crippen LogP) is 3.30. The van der Waals surface area contributed by atoms with Crippen molar-refractivity contribution < 1.29 is 4.79 Å². The van der Waals surface area contributed by atoms with E-state index in [-0.39, 0.29) is 11.8 Å². The van der Waals surface area contributed by atoms with Gasteiger partial charge >= 0.3 is 0 Å². The van der Waals surface area contributed by atoms with Crippen LogP contribution < -0.4 is 11.1 Å². The molecule has 3 N–H and O–H groups in total. The van der Waals surface area contributed by atoms with Crippen molar-refractivity contribution in [3.8, 4) is 0 Å². The number of benzene rings is 1. The molecule has 1 aliphatic rings. The van der Waals surface area contributed by atoms with E-state index in [2.05, 4.69) is 12.2 Å². The van der Waals surface area contributed by atoms with E-state index in [0.29, 0.717) is 22.3 Å². The maximum atomic E-state index is 12.1. The van der Waals surface area contributed by atoms with Crippen molar-refractivity contribution in [1.29, 1.82) is 0 Å². The maximum Gasteiger partial charge on any atom is 0.227 e. The Kier molecular flexibility index (Phi) is 3.57. The van der Waals surface area contributed by atoms with Crippen LogP contribution in [0.15, 0.2) is 18.2 Å². The summed E-state index contributed by atoms with van der Waals surface area (Å²) in [5.74, 6) is 0.651. The average Bonchev–Trinajstić information content (AvgIpc) is 2.68. The summed E-state index contributed by atoms with van der Waals surface area (Å²) in [5.41, 5.74) is 6.97. The normalized spacial score (nSPS) is 23.6. The third-order valence-electron chi connectivity index (χ3n) is 3.47.